The van der Waals surface area contributed by atoms with Crippen molar-refractivity contribution in [1.29, 1.82) is 0 Å². The fraction of sp³-hybridized carbons (Fsp3) is 0.684. The summed E-state index contributed by atoms with van der Waals surface area (Å²) in [4.78, 5) is 39.0. The highest BCUT2D eigenvalue weighted by molar-refractivity contribution is 5.97. The first-order valence-electron chi connectivity index (χ1n) is 9.90. The van der Waals surface area contributed by atoms with Gasteiger partial charge < -0.3 is 9.42 Å². The number of rotatable bonds is 9. The molecule has 1 aromatic rings. The molecule has 2 atom stereocenters. The quantitative estimate of drug-likeness (QED) is 0.436. The molecule has 3 rings (SSSR count). The number of carbonyl (C=O) groups is 3. The summed E-state index contributed by atoms with van der Waals surface area (Å²) < 4.78 is 4.94. The van der Waals surface area contributed by atoms with Crippen molar-refractivity contribution in [2.75, 3.05) is 11.9 Å². The minimum atomic E-state index is -0.543. The molecule has 1 aromatic heterocycles. The molecule has 3 amide bonds. The van der Waals surface area contributed by atoms with Gasteiger partial charge in [0.25, 0.3) is 0 Å². The van der Waals surface area contributed by atoms with E-state index in [-0.39, 0.29) is 41.9 Å². The van der Waals surface area contributed by atoms with E-state index in [1.807, 2.05) is 6.92 Å². The maximum atomic E-state index is 13.0. The van der Waals surface area contributed by atoms with Gasteiger partial charge in [0.05, 0.1) is 6.20 Å². The topological polar surface area (TPSA) is 125 Å². The van der Waals surface area contributed by atoms with Crippen LogP contribution in [0.25, 0.3) is 0 Å². The molecule has 9 nitrogen and oxygen atoms in total. The number of hydrogen-bond acceptors (Lipinski definition) is 6. The Morgan fingerprint density at radius 2 is 2.18 bits per heavy atom. The zero-order chi connectivity index (χ0) is 20.1. The second-order valence-corrected chi connectivity index (χ2v) is 8.06. The highest BCUT2D eigenvalue weighted by Crippen LogP contribution is 2.55. The number of amides is 3. The lowest BCUT2D eigenvalue weighted by molar-refractivity contribution is -0.138. The molecule has 28 heavy (non-hydrogen) atoms. The van der Waals surface area contributed by atoms with Gasteiger partial charge in [-0.2, -0.15) is 0 Å². The van der Waals surface area contributed by atoms with Crippen molar-refractivity contribution >= 4 is 23.6 Å². The van der Waals surface area contributed by atoms with Gasteiger partial charge in [-0.1, -0.05) is 24.9 Å². The number of hydroxylamine groups is 1. The Morgan fingerprint density at radius 3 is 2.79 bits per heavy atom. The first-order valence-corrected chi connectivity index (χ1v) is 9.90. The van der Waals surface area contributed by atoms with Crippen LogP contribution >= 0.6 is 0 Å². The predicted molar refractivity (Wildman–Crippen MR) is 99.1 cm³/mol. The van der Waals surface area contributed by atoms with Gasteiger partial charge in [0.15, 0.2) is 0 Å². The molecule has 1 aliphatic carbocycles. The van der Waals surface area contributed by atoms with Gasteiger partial charge in [-0.15, -0.1) is 0 Å². The van der Waals surface area contributed by atoms with Crippen molar-refractivity contribution in [3.8, 4) is 0 Å². The number of anilines is 1. The number of likely N-dealkylation sites (tertiary alicyclic amines) is 1. The molecule has 9 heteroatoms. The van der Waals surface area contributed by atoms with Crippen LogP contribution in [0.2, 0.25) is 0 Å². The number of hydrogen-bond donors (Lipinski definition) is 3. The molecule has 1 saturated carbocycles. The van der Waals surface area contributed by atoms with Gasteiger partial charge in [0.1, 0.15) is 6.04 Å². The Balaban J connectivity index is 1.66. The van der Waals surface area contributed by atoms with Crippen LogP contribution in [0, 0.1) is 11.3 Å². The lowest BCUT2D eigenvalue weighted by atomic mass is 9.94. The molecule has 2 heterocycles. The number of nitrogens with one attached hydrogen (secondary N) is 2. The van der Waals surface area contributed by atoms with Gasteiger partial charge in [-0.05, 0) is 37.0 Å². The van der Waals surface area contributed by atoms with Crippen LogP contribution in [-0.2, 0) is 14.4 Å². The second kappa shape index (κ2) is 8.72. The lowest BCUT2D eigenvalue weighted by Gasteiger charge is -2.26. The van der Waals surface area contributed by atoms with Crippen molar-refractivity contribution in [2.45, 2.75) is 64.3 Å². The Morgan fingerprint density at radius 1 is 1.39 bits per heavy atom. The first kappa shape index (κ1) is 20.3. The maximum absolute atomic E-state index is 13.0. The largest absolute Gasteiger partial charge is 0.338 e. The first-order chi connectivity index (χ1) is 13.5. The van der Waals surface area contributed by atoms with Gasteiger partial charge in [0, 0.05) is 25.5 Å². The van der Waals surface area contributed by atoms with Crippen LogP contribution in [0.5, 0.6) is 0 Å². The summed E-state index contributed by atoms with van der Waals surface area (Å²) in [5, 5.41) is 15.1. The number of unbranched alkanes of at least 4 members (excludes halogenated alkanes) is 1. The third-order valence-corrected chi connectivity index (χ3v) is 5.80. The predicted octanol–water partition coefficient (Wildman–Crippen LogP) is 2.09. The molecular formula is C19H28N4O5. The molecule has 0 unspecified atom stereocenters. The molecule has 2 fully saturated rings. The minimum Gasteiger partial charge on any atom is -0.338 e. The molecule has 1 saturated heterocycles. The zero-order valence-corrected chi connectivity index (χ0v) is 16.1. The van der Waals surface area contributed by atoms with Crippen LogP contribution in [0.4, 0.5) is 5.88 Å². The van der Waals surface area contributed by atoms with E-state index < -0.39 is 11.9 Å². The van der Waals surface area contributed by atoms with Gasteiger partial charge >= 0.3 is 0 Å². The summed E-state index contributed by atoms with van der Waals surface area (Å²) in [6.45, 7) is 2.62. The monoisotopic (exact) mass is 392 g/mol. The van der Waals surface area contributed by atoms with E-state index in [4.69, 9.17) is 9.73 Å². The molecule has 1 aliphatic heterocycles. The Hall–Kier alpha value is -2.42. The maximum Gasteiger partial charge on any atom is 0.249 e. The fourth-order valence-electron chi connectivity index (χ4n) is 4.02. The van der Waals surface area contributed by atoms with E-state index in [2.05, 4.69) is 10.5 Å². The second-order valence-electron chi connectivity index (χ2n) is 8.06. The number of carbonyl (C=O) groups excluding carboxylic acids is 3. The van der Waals surface area contributed by atoms with E-state index in [0.717, 1.165) is 32.1 Å². The van der Waals surface area contributed by atoms with E-state index in [0.29, 0.717) is 13.0 Å². The lowest BCUT2D eigenvalue weighted by Crippen LogP contribution is -2.44. The van der Waals surface area contributed by atoms with Crippen molar-refractivity contribution in [1.82, 2.24) is 15.5 Å². The van der Waals surface area contributed by atoms with Crippen molar-refractivity contribution in [2.24, 2.45) is 11.3 Å². The van der Waals surface area contributed by atoms with E-state index in [1.165, 1.54) is 6.20 Å². The molecule has 0 bridgehead atoms. The zero-order valence-electron chi connectivity index (χ0n) is 16.1. The summed E-state index contributed by atoms with van der Waals surface area (Å²) in [5.41, 5.74) is 1.70. The van der Waals surface area contributed by atoms with E-state index >= 15 is 0 Å². The summed E-state index contributed by atoms with van der Waals surface area (Å²) in [6.07, 6.45) is 7.01. The Bertz CT molecular complexity index is 701. The molecule has 1 spiro atoms. The number of nitrogens with zero attached hydrogens (tertiary/aromatic N) is 2. The van der Waals surface area contributed by atoms with Gasteiger partial charge in [-0.3, -0.25) is 24.9 Å². The van der Waals surface area contributed by atoms with Gasteiger partial charge in [-0.25, -0.2) is 5.48 Å². The third-order valence-electron chi connectivity index (χ3n) is 5.80. The SMILES string of the molecule is CCCC[C@@H](CC(=O)NO)CC(=O)N1CC2(CC2)C[C@H]1C(=O)Nc1ccno1. The van der Waals surface area contributed by atoms with Crippen LogP contribution < -0.4 is 10.8 Å². The Labute approximate surface area is 163 Å². The molecular weight excluding hydrogens is 364 g/mol. The van der Waals surface area contributed by atoms with Crippen molar-refractivity contribution in [3.63, 3.8) is 0 Å². The molecule has 0 aromatic carbocycles. The van der Waals surface area contributed by atoms with Crippen LogP contribution in [0.15, 0.2) is 16.8 Å². The number of aromatic nitrogens is 1. The molecule has 2 aliphatic rings. The van der Waals surface area contributed by atoms with Crippen molar-refractivity contribution < 1.29 is 24.1 Å². The summed E-state index contributed by atoms with van der Waals surface area (Å²) in [7, 11) is 0. The average molecular weight is 392 g/mol. The summed E-state index contributed by atoms with van der Waals surface area (Å²) in [5.74, 6) is -0.781. The normalized spacial score (nSPS) is 20.8. The molecule has 154 valence electrons. The minimum absolute atomic E-state index is 0.0560. The fourth-order valence-corrected chi connectivity index (χ4v) is 4.02. The Kier molecular flexibility index (Phi) is 6.33. The summed E-state index contributed by atoms with van der Waals surface area (Å²) in [6, 6.07) is 1.01. The van der Waals surface area contributed by atoms with E-state index in [9.17, 15) is 14.4 Å². The standard InChI is InChI=1S/C19H28N4O5/c1-2-3-4-13(9-15(24)22-27)10-17(25)23-12-19(6-7-19)11-14(23)18(26)21-16-5-8-20-28-16/h5,8,13-14,27H,2-4,6-7,9-12H2,1H3,(H,21,26)(H,22,24)/t13-,14-/m0/s1. The van der Waals surface area contributed by atoms with Crippen molar-refractivity contribution in [3.05, 3.63) is 12.3 Å². The highest BCUT2D eigenvalue weighted by Gasteiger charge is 2.55. The van der Waals surface area contributed by atoms with Gasteiger partial charge in [0.2, 0.25) is 23.6 Å². The smallest absolute Gasteiger partial charge is 0.249 e. The summed E-state index contributed by atoms with van der Waals surface area (Å²) >= 11 is 0. The third kappa shape index (κ3) is 4.89. The van der Waals surface area contributed by atoms with Crippen LogP contribution in [0.1, 0.15) is 58.3 Å². The van der Waals surface area contributed by atoms with Crippen LogP contribution in [0.3, 0.4) is 0 Å². The van der Waals surface area contributed by atoms with E-state index in [1.54, 1.807) is 16.4 Å². The molecule has 3 N–H and O–H groups in total. The molecule has 0 radical (unpaired) electrons. The highest BCUT2D eigenvalue weighted by atomic mass is 16.5. The average Bonchev–Trinajstić information content (AvgIpc) is 3.06. The van der Waals surface area contributed by atoms with Crippen LogP contribution in [-0.4, -0.2) is 45.6 Å².